The largest absolute Gasteiger partial charge is 0.497 e. The molecule has 5 aromatic rings. The van der Waals surface area contributed by atoms with Gasteiger partial charge < -0.3 is 29.0 Å². The van der Waals surface area contributed by atoms with Crippen molar-refractivity contribution in [1.29, 1.82) is 0 Å². The first kappa shape index (κ1) is 36.3. The third-order valence-corrected chi connectivity index (χ3v) is 13.3. The summed E-state index contributed by atoms with van der Waals surface area (Å²) in [4.78, 5) is 41.6. The van der Waals surface area contributed by atoms with Crippen LogP contribution in [0.5, 0.6) is 11.5 Å². The molecule has 1 fully saturated rings. The second-order valence-corrected chi connectivity index (χ2v) is 18.4. The van der Waals surface area contributed by atoms with Gasteiger partial charge in [-0.25, -0.2) is 0 Å². The zero-order valence-corrected chi connectivity index (χ0v) is 31.5. The molecule has 13 heteroatoms. The predicted molar refractivity (Wildman–Crippen MR) is 202 cm³/mol. The van der Waals surface area contributed by atoms with Gasteiger partial charge in [0, 0.05) is 41.6 Å². The smallest absolute Gasteiger partial charge is 0.297 e. The number of methoxy groups -OCH3 is 2. The van der Waals surface area contributed by atoms with E-state index in [1.165, 1.54) is 11.7 Å². The van der Waals surface area contributed by atoms with Gasteiger partial charge >= 0.3 is 0 Å². The molecular weight excluding hydrogens is 691 g/mol. The summed E-state index contributed by atoms with van der Waals surface area (Å²) in [6.45, 7) is 6.37. The lowest BCUT2D eigenvalue weighted by Crippen LogP contribution is -2.46. The molecule has 2 aromatic heterocycles. The first-order chi connectivity index (χ1) is 25.5. The minimum Gasteiger partial charge on any atom is -0.497 e. The fourth-order valence-corrected chi connectivity index (χ4v) is 10.9. The number of pyridine rings is 1. The molecule has 276 valence electrons. The van der Waals surface area contributed by atoms with E-state index >= 15 is 4.79 Å². The molecule has 0 bridgehead atoms. The van der Waals surface area contributed by atoms with E-state index in [1.54, 1.807) is 35.0 Å². The molecule has 1 unspecified atom stereocenters. The predicted octanol–water partition coefficient (Wildman–Crippen LogP) is 5.01. The molecule has 4 heterocycles. The first-order valence-corrected chi connectivity index (χ1v) is 20.8. The molecule has 7 rings (SSSR count). The van der Waals surface area contributed by atoms with Crippen molar-refractivity contribution in [1.82, 2.24) is 19.6 Å². The van der Waals surface area contributed by atoms with E-state index < -0.39 is 20.0 Å². The van der Waals surface area contributed by atoms with Crippen molar-refractivity contribution in [2.24, 2.45) is 5.92 Å². The van der Waals surface area contributed by atoms with Crippen molar-refractivity contribution in [2.75, 3.05) is 25.7 Å². The number of carbonyl (C=O) groups is 1. The van der Waals surface area contributed by atoms with Crippen LogP contribution in [-0.2, 0) is 28.2 Å². The quantitative estimate of drug-likeness (QED) is 0.169. The molecule has 12 nitrogen and oxygen atoms in total. The Hall–Kier alpha value is -5.08. The maximum atomic E-state index is 15.0. The summed E-state index contributed by atoms with van der Waals surface area (Å²) in [6.07, 6.45) is 3.55. The zero-order valence-electron chi connectivity index (χ0n) is 30.5. The van der Waals surface area contributed by atoms with Gasteiger partial charge in [0.1, 0.15) is 5.75 Å². The third-order valence-electron chi connectivity index (χ3n) is 10.8. The number of ether oxygens (including phenoxy) is 3. The molecule has 2 aliphatic heterocycles. The number of anilines is 1. The van der Waals surface area contributed by atoms with E-state index in [2.05, 4.69) is 10.3 Å². The van der Waals surface area contributed by atoms with Crippen molar-refractivity contribution in [3.8, 4) is 17.2 Å². The van der Waals surface area contributed by atoms with Crippen LogP contribution in [0.3, 0.4) is 0 Å². The Labute approximate surface area is 309 Å². The standard InChI is InChI=1S/C40H45N5O7Si/c1-26-37(53(4,5)49)35(18-20-43-24-33(41-42-43)31(25-46)28-12-7-6-8-13-28)52-40(26)32-22-30(50-2)16-17-34(32)45(39(40)48)23-27-11-9-14-29(21-27)44-19-10-15-36(51-3)38(44)47/h6-17,19,21-22,24,26,31,35,37,46,49H,18,20,23,25H2,1-5H3/t26-,31?,35+,37-,40+/m0/s1. The number of aromatic nitrogens is 4. The van der Waals surface area contributed by atoms with Crippen LogP contribution in [0.25, 0.3) is 5.69 Å². The Bertz CT molecular complexity index is 2170. The molecule has 2 N–H and O–H groups in total. The first-order valence-electron chi connectivity index (χ1n) is 17.8. The maximum absolute atomic E-state index is 15.0. The Morgan fingerprint density at radius 3 is 2.49 bits per heavy atom. The second-order valence-electron chi connectivity index (χ2n) is 14.4. The monoisotopic (exact) mass is 735 g/mol. The molecule has 53 heavy (non-hydrogen) atoms. The summed E-state index contributed by atoms with van der Waals surface area (Å²) >= 11 is 0. The molecule has 1 spiro atoms. The van der Waals surface area contributed by atoms with Crippen LogP contribution in [0.1, 0.15) is 41.6 Å². The molecule has 1 saturated heterocycles. The van der Waals surface area contributed by atoms with Gasteiger partial charge in [-0.3, -0.25) is 18.8 Å². The molecule has 0 radical (unpaired) electrons. The average Bonchev–Trinajstić information content (AvgIpc) is 3.81. The zero-order chi connectivity index (χ0) is 37.5. The van der Waals surface area contributed by atoms with Crippen LogP contribution in [0.4, 0.5) is 5.69 Å². The van der Waals surface area contributed by atoms with Gasteiger partial charge in [0.05, 0.1) is 50.8 Å². The van der Waals surface area contributed by atoms with Gasteiger partial charge in [-0.15, -0.1) is 5.10 Å². The number of amides is 1. The van der Waals surface area contributed by atoms with Crippen molar-refractivity contribution >= 4 is 19.9 Å². The van der Waals surface area contributed by atoms with E-state index in [0.29, 0.717) is 41.3 Å². The number of aliphatic hydroxyl groups is 1. The number of hydrogen-bond donors (Lipinski definition) is 2. The molecule has 3 aromatic carbocycles. The van der Waals surface area contributed by atoms with E-state index in [4.69, 9.17) is 14.2 Å². The van der Waals surface area contributed by atoms with Gasteiger partial charge in [0.15, 0.2) is 19.7 Å². The van der Waals surface area contributed by atoms with E-state index in [0.717, 1.165) is 11.1 Å². The SMILES string of the molecule is COc1ccc2c(c1)[C@@]1(O[C@H](CCn3cc(C(CO)c4ccccc4)nn3)[C@@H]([Si](C)(C)O)[C@@H]1C)C(=O)N2Cc1cccc(-n2cccc(OC)c2=O)c1. The number of fused-ring (bicyclic) bond motifs is 2. The third kappa shape index (κ3) is 6.47. The van der Waals surface area contributed by atoms with Crippen molar-refractivity contribution in [3.05, 3.63) is 130 Å². The van der Waals surface area contributed by atoms with E-state index in [9.17, 15) is 14.7 Å². The summed E-state index contributed by atoms with van der Waals surface area (Å²) in [5.74, 6) is -0.0548. The fraction of sp³-hybridized carbons (Fsp3) is 0.350. The van der Waals surface area contributed by atoms with Crippen molar-refractivity contribution in [2.45, 2.75) is 62.7 Å². The number of benzene rings is 3. The van der Waals surface area contributed by atoms with Crippen LogP contribution in [0, 0.1) is 5.92 Å². The molecular formula is C40H45N5O7Si. The highest BCUT2D eigenvalue weighted by molar-refractivity contribution is 6.71. The van der Waals surface area contributed by atoms with Crippen molar-refractivity contribution < 1.29 is 28.9 Å². The fourth-order valence-electron chi connectivity index (χ4n) is 8.33. The number of rotatable bonds is 12. The number of hydrogen-bond acceptors (Lipinski definition) is 9. The van der Waals surface area contributed by atoms with Gasteiger partial charge in [-0.05, 0) is 73.1 Å². The summed E-state index contributed by atoms with van der Waals surface area (Å²) in [6, 6.07) is 26.2. The highest BCUT2D eigenvalue weighted by Crippen LogP contribution is 2.60. The second kappa shape index (κ2) is 14.4. The lowest BCUT2D eigenvalue weighted by molar-refractivity contribution is -0.146. The van der Waals surface area contributed by atoms with Crippen LogP contribution in [-0.4, -0.2) is 70.6 Å². The number of carbonyl (C=O) groups excluding carboxylic acids is 1. The number of aliphatic hydroxyl groups excluding tert-OH is 1. The molecule has 1 amide bonds. The Balaban J connectivity index is 1.20. The average molecular weight is 736 g/mol. The normalized spacial score (nSPS) is 21.6. The molecule has 5 atom stereocenters. The maximum Gasteiger partial charge on any atom is 0.297 e. The van der Waals surface area contributed by atoms with Gasteiger partial charge in [-0.1, -0.05) is 54.6 Å². The van der Waals surface area contributed by atoms with Gasteiger partial charge in [-0.2, -0.15) is 0 Å². The minimum absolute atomic E-state index is 0.105. The van der Waals surface area contributed by atoms with E-state index in [1.807, 2.05) is 99.0 Å². The van der Waals surface area contributed by atoms with Crippen LogP contribution < -0.4 is 19.9 Å². The molecule has 0 saturated carbocycles. The van der Waals surface area contributed by atoms with E-state index in [-0.39, 0.29) is 47.7 Å². The number of nitrogens with zero attached hydrogens (tertiary/aromatic N) is 5. The Morgan fingerprint density at radius 2 is 1.77 bits per heavy atom. The van der Waals surface area contributed by atoms with Gasteiger partial charge in [0.25, 0.3) is 11.5 Å². The highest BCUT2D eigenvalue weighted by Gasteiger charge is 2.66. The van der Waals surface area contributed by atoms with Crippen LogP contribution in [0.15, 0.2) is 102 Å². The van der Waals surface area contributed by atoms with Crippen LogP contribution >= 0.6 is 0 Å². The van der Waals surface area contributed by atoms with Gasteiger partial charge in [0.2, 0.25) is 0 Å². The molecule has 0 aliphatic carbocycles. The summed E-state index contributed by atoms with van der Waals surface area (Å²) in [5.41, 5.74) is 2.55. The summed E-state index contributed by atoms with van der Waals surface area (Å²) < 4.78 is 21.2. The number of aryl methyl sites for hydroxylation is 1. The minimum atomic E-state index is -2.92. The Kier molecular flexibility index (Phi) is 9.85. The summed E-state index contributed by atoms with van der Waals surface area (Å²) in [5, 5.41) is 18.9. The molecule has 2 aliphatic rings. The van der Waals surface area contributed by atoms with Crippen LogP contribution in [0.2, 0.25) is 18.6 Å². The topological polar surface area (TPSA) is 141 Å². The highest BCUT2D eigenvalue weighted by atomic mass is 28.4. The lowest BCUT2D eigenvalue weighted by Gasteiger charge is -2.32. The Morgan fingerprint density at radius 1 is 0.981 bits per heavy atom. The lowest BCUT2D eigenvalue weighted by atomic mass is 9.82. The summed E-state index contributed by atoms with van der Waals surface area (Å²) in [7, 11) is 0.136. The van der Waals surface area contributed by atoms with Crippen molar-refractivity contribution in [3.63, 3.8) is 0 Å².